The van der Waals surface area contributed by atoms with Crippen LogP contribution in [0.5, 0.6) is 0 Å². The van der Waals surface area contributed by atoms with Crippen molar-refractivity contribution in [1.82, 2.24) is 5.32 Å². The topological polar surface area (TPSA) is 55.4 Å². The Hall–Kier alpha value is -2.40. The summed E-state index contributed by atoms with van der Waals surface area (Å²) in [4.78, 5) is 24.5. The quantitative estimate of drug-likeness (QED) is 0.652. The molecule has 23 heavy (non-hydrogen) atoms. The molecular weight excluding hydrogens is 310 g/mol. The molecule has 0 radical (unpaired) electrons. The van der Waals surface area contributed by atoms with Crippen molar-refractivity contribution >= 4 is 29.3 Å². The second kappa shape index (κ2) is 8.29. The highest BCUT2D eigenvalue weighted by molar-refractivity contribution is 7.10. The number of hydrogen-bond donors (Lipinski definition) is 1. The predicted octanol–water partition coefficient (Wildman–Crippen LogP) is 3.49. The average Bonchev–Trinajstić information content (AvgIpc) is 3.06. The predicted molar refractivity (Wildman–Crippen MR) is 92.0 cm³/mol. The smallest absolute Gasteiger partial charge is 0.331 e. The summed E-state index contributed by atoms with van der Waals surface area (Å²) in [5, 5.41) is 4.74. The maximum atomic E-state index is 11.8. The van der Waals surface area contributed by atoms with Crippen molar-refractivity contribution in [3.8, 4) is 0 Å². The molecule has 1 aromatic heterocycles. The minimum Gasteiger partial charge on any atom is -0.452 e. The van der Waals surface area contributed by atoms with Gasteiger partial charge in [-0.3, -0.25) is 4.79 Å². The standard InChI is InChI=1S/C18H19NO3S/c1-13-6-3-4-7-15(13)9-10-18(21)22-12-17(20)19-14(2)16-8-5-11-23-16/h3-11,14H,12H2,1-2H3,(H,19,20)/b10-9+/t14-/m0/s1. The first kappa shape index (κ1) is 17.0. The van der Waals surface area contributed by atoms with Gasteiger partial charge >= 0.3 is 5.97 Å². The molecule has 2 aromatic rings. The van der Waals surface area contributed by atoms with E-state index in [1.807, 2.05) is 55.6 Å². The summed E-state index contributed by atoms with van der Waals surface area (Å²) in [5.41, 5.74) is 2.01. The van der Waals surface area contributed by atoms with Crippen LogP contribution in [0.3, 0.4) is 0 Å². The molecule has 0 aliphatic heterocycles. The lowest BCUT2D eigenvalue weighted by Crippen LogP contribution is -2.30. The number of carbonyl (C=O) groups excluding carboxylic acids is 2. The number of thiophene rings is 1. The number of esters is 1. The second-order valence-corrected chi connectivity index (χ2v) is 6.08. The van der Waals surface area contributed by atoms with Crippen molar-refractivity contribution in [3.63, 3.8) is 0 Å². The summed E-state index contributed by atoms with van der Waals surface area (Å²) < 4.78 is 4.95. The van der Waals surface area contributed by atoms with Crippen molar-refractivity contribution in [2.75, 3.05) is 6.61 Å². The van der Waals surface area contributed by atoms with Crippen LogP contribution < -0.4 is 5.32 Å². The lowest BCUT2D eigenvalue weighted by atomic mass is 10.1. The number of ether oxygens (including phenoxy) is 1. The van der Waals surface area contributed by atoms with E-state index in [1.165, 1.54) is 6.08 Å². The van der Waals surface area contributed by atoms with Crippen molar-refractivity contribution in [3.05, 3.63) is 63.9 Å². The van der Waals surface area contributed by atoms with E-state index in [4.69, 9.17) is 4.74 Å². The Morgan fingerprint density at radius 3 is 2.74 bits per heavy atom. The lowest BCUT2D eigenvalue weighted by Gasteiger charge is -2.11. The van der Waals surface area contributed by atoms with E-state index < -0.39 is 5.97 Å². The van der Waals surface area contributed by atoms with Crippen molar-refractivity contribution in [1.29, 1.82) is 0 Å². The molecule has 1 amide bonds. The van der Waals surface area contributed by atoms with Gasteiger partial charge in [0.15, 0.2) is 6.61 Å². The van der Waals surface area contributed by atoms with Crippen molar-refractivity contribution in [2.24, 2.45) is 0 Å². The van der Waals surface area contributed by atoms with Gasteiger partial charge in [-0.05, 0) is 42.5 Å². The van der Waals surface area contributed by atoms with Crippen molar-refractivity contribution < 1.29 is 14.3 Å². The summed E-state index contributed by atoms with van der Waals surface area (Å²) in [5.74, 6) is -0.851. The fourth-order valence-electron chi connectivity index (χ4n) is 2.01. The van der Waals surface area contributed by atoms with Gasteiger partial charge in [0.2, 0.25) is 0 Å². The Balaban J connectivity index is 1.78. The van der Waals surface area contributed by atoms with Gasteiger partial charge in [0.05, 0.1) is 6.04 Å². The minimum atomic E-state index is -0.535. The van der Waals surface area contributed by atoms with Gasteiger partial charge in [-0.25, -0.2) is 4.79 Å². The van der Waals surface area contributed by atoms with Crippen LogP contribution in [0, 0.1) is 6.92 Å². The van der Waals surface area contributed by atoms with E-state index >= 15 is 0 Å². The first-order valence-electron chi connectivity index (χ1n) is 7.29. The Bertz CT molecular complexity index is 692. The minimum absolute atomic E-state index is 0.0938. The van der Waals surface area contributed by atoms with E-state index in [-0.39, 0.29) is 18.6 Å². The van der Waals surface area contributed by atoms with Gasteiger partial charge in [0.1, 0.15) is 0 Å². The molecule has 0 saturated heterocycles. The number of carbonyl (C=O) groups is 2. The first-order valence-corrected chi connectivity index (χ1v) is 8.17. The molecule has 5 heteroatoms. The molecule has 4 nitrogen and oxygen atoms in total. The molecule has 1 aromatic carbocycles. The van der Waals surface area contributed by atoms with Gasteiger partial charge in [-0.2, -0.15) is 0 Å². The zero-order valence-corrected chi connectivity index (χ0v) is 13.9. The van der Waals surface area contributed by atoms with Crippen LogP contribution in [0.25, 0.3) is 6.08 Å². The molecule has 0 spiro atoms. The van der Waals surface area contributed by atoms with Crippen LogP contribution in [0.2, 0.25) is 0 Å². The number of amides is 1. The third-order valence-corrected chi connectivity index (χ3v) is 4.34. The van der Waals surface area contributed by atoms with Gasteiger partial charge in [0, 0.05) is 11.0 Å². The zero-order chi connectivity index (χ0) is 16.7. The Morgan fingerprint density at radius 1 is 1.26 bits per heavy atom. The highest BCUT2D eigenvalue weighted by atomic mass is 32.1. The number of aryl methyl sites for hydroxylation is 1. The Labute approximate surface area is 139 Å². The van der Waals surface area contributed by atoms with Crippen molar-refractivity contribution in [2.45, 2.75) is 19.9 Å². The van der Waals surface area contributed by atoms with Crippen LogP contribution >= 0.6 is 11.3 Å². The molecule has 1 N–H and O–H groups in total. The molecule has 0 fully saturated rings. The van der Waals surface area contributed by atoms with Gasteiger partial charge in [-0.1, -0.05) is 30.3 Å². The third-order valence-electron chi connectivity index (χ3n) is 3.28. The monoisotopic (exact) mass is 329 g/mol. The first-order chi connectivity index (χ1) is 11.1. The van der Waals surface area contributed by atoms with E-state index in [9.17, 15) is 9.59 Å². The van der Waals surface area contributed by atoms with Crippen LogP contribution in [0.4, 0.5) is 0 Å². The highest BCUT2D eigenvalue weighted by Crippen LogP contribution is 2.17. The Morgan fingerprint density at radius 2 is 2.04 bits per heavy atom. The maximum Gasteiger partial charge on any atom is 0.331 e. The van der Waals surface area contributed by atoms with E-state index in [0.29, 0.717) is 0 Å². The molecule has 2 rings (SSSR count). The van der Waals surface area contributed by atoms with Crippen LogP contribution in [0.1, 0.15) is 29.0 Å². The second-order valence-electron chi connectivity index (χ2n) is 5.10. The van der Waals surface area contributed by atoms with Gasteiger partial charge in [0.25, 0.3) is 5.91 Å². The molecule has 0 saturated carbocycles. The summed E-state index contributed by atoms with van der Waals surface area (Å²) >= 11 is 1.57. The van der Waals surface area contributed by atoms with E-state index in [1.54, 1.807) is 17.4 Å². The number of hydrogen-bond acceptors (Lipinski definition) is 4. The zero-order valence-electron chi connectivity index (χ0n) is 13.1. The summed E-state index contributed by atoms with van der Waals surface area (Å²) in [6, 6.07) is 11.5. The maximum absolute atomic E-state index is 11.8. The summed E-state index contributed by atoms with van der Waals surface area (Å²) in [6.07, 6.45) is 3.02. The molecule has 0 aliphatic rings. The molecule has 0 aliphatic carbocycles. The third kappa shape index (κ3) is 5.38. The molecule has 1 heterocycles. The number of rotatable bonds is 6. The van der Waals surface area contributed by atoms with E-state index in [0.717, 1.165) is 16.0 Å². The molecule has 1 atom stereocenters. The number of benzene rings is 1. The Kier molecular flexibility index (Phi) is 6.11. The van der Waals surface area contributed by atoms with Crippen LogP contribution in [-0.4, -0.2) is 18.5 Å². The van der Waals surface area contributed by atoms with E-state index in [2.05, 4.69) is 5.32 Å². The lowest BCUT2D eigenvalue weighted by molar-refractivity contribution is -0.144. The SMILES string of the molecule is Cc1ccccc1/C=C/C(=O)OCC(=O)N[C@@H](C)c1cccs1. The molecule has 0 unspecified atom stereocenters. The average molecular weight is 329 g/mol. The molecular formula is C18H19NO3S. The number of nitrogens with one attached hydrogen (secondary N) is 1. The van der Waals surface area contributed by atoms with Gasteiger partial charge in [-0.15, -0.1) is 11.3 Å². The largest absolute Gasteiger partial charge is 0.452 e. The highest BCUT2D eigenvalue weighted by Gasteiger charge is 2.11. The summed E-state index contributed by atoms with van der Waals surface area (Å²) in [6.45, 7) is 3.57. The fraction of sp³-hybridized carbons (Fsp3) is 0.222. The van der Waals surface area contributed by atoms with Crippen LogP contribution in [-0.2, 0) is 14.3 Å². The molecule has 0 bridgehead atoms. The van der Waals surface area contributed by atoms with Crippen LogP contribution in [0.15, 0.2) is 47.9 Å². The normalized spacial score (nSPS) is 12.1. The molecule has 120 valence electrons. The summed E-state index contributed by atoms with van der Waals surface area (Å²) in [7, 11) is 0. The van der Waals surface area contributed by atoms with Gasteiger partial charge < -0.3 is 10.1 Å². The fourth-order valence-corrected chi connectivity index (χ4v) is 2.74.